The first-order valence-corrected chi connectivity index (χ1v) is 10.4. The minimum atomic E-state index is -4.50. The monoisotopic (exact) mass is 419 g/mol. The van der Waals surface area contributed by atoms with Crippen molar-refractivity contribution in [2.45, 2.75) is 43.9 Å². The fraction of sp³-hybridized carbons (Fsp3) is 0.333. The standard InChI is InChI=1S/C21H20F3N3OS/c22-21(23,24)19-12-17(15-4-1-2-5-16(15)27-19)25-13-7-9-14(10-8-13)26-20(28)18-6-3-11-29-18/h1-6,11-14H,7-10H2,(H,25,27)(H,26,28)/t13-,14+. The summed E-state index contributed by atoms with van der Waals surface area (Å²) in [7, 11) is 0. The summed E-state index contributed by atoms with van der Waals surface area (Å²) in [5.41, 5.74) is -0.119. The van der Waals surface area contributed by atoms with Crippen molar-refractivity contribution in [3.8, 4) is 0 Å². The molecule has 3 aromatic rings. The molecule has 1 aliphatic rings. The zero-order valence-electron chi connectivity index (χ0n) is 15.5. The Labute approximate surface area is 170 Å². The zero-order valence-corrected chi connectivity index (χ0v) is 16.3. The Morgan fingerprint density at radius 2 is 1.76 bits per heavy atom. The van der Waals surface area contributed by atoms with Crippen molar-refractivity contribution in [1.29, 1.82) is 0 Å². The van der Waals surface area contributed by atoms with E-state index in [1.807, 2.05) is 11.4 Å². The van der Waals surface area contributed by atoms with Gasteiger partial charge in [-0.3, -0.25) is 4.79 Å². The van der Waals surface area contributed by atoms with Gasteiger partial charge < -0.3 is 10.6 Å². The summed E-state index contributed by atoms with van der Waals surface area (Å²) in [6.45, 7) is 0. The fourth-order valence-corrected chi connectivity index (χ4v) is 4.33. The zero-order chi connectivity index (χ0) is 20.4. The second kappa shape index (κ2) is 8.02. The number of anilines is 1. The van der Waals surface area contributed by atoms with E-state index in [9.17, 15) is 18.0 Å². The van der Waals surface area contributed by atoms with E-state index >= 15 is 0 Å². The minimum Gasteiger partial charge on any atom is -0.382 e. The number of hydrogen-bond donors (Lipinski definition) is 2. The lowest BCUT2D eigenvalue weighted by molar-refractivity contribution is -0.140. The Kier molecular flexibility index (Phi) is 5.45. The molecule has 0 unspecified atom stereocenters. The van der Waals surface area contributed by atoms with Crippen LogP contribution >= 0.6 is 11.3 Å². The van der Waals surface area contributed by atoms with Crippen LogP contribution in [0.3, 0.4) is 0 Å². The third kappa shape index (κ3) is 4.53. The molecule has 2 heterocycles. The number of halogens is 3. The molecule has 8 heteroatoms. The van der Waals surface area contributed by atoms with E-state index in [2.05, 4.69) is 15.6 Å². The number of amides is 1. The lowest BCUT2D eigenvalue weighted by Gasteiger charge is -2.30. The maximum absolute atomic E-state index is 13.2. The van der Waals surface area contributed by atoms with Gasteiger partial charge in [0, 0.05) is 23.2 Å². The van der Waals surface area contributed by atoms with Crippen molar-refractivity contribution >= 4 is 33.8 Å². The molecule has 2 N–H and O–H groups in total. The van der Waals surface area contributed by atoms with Gasteiger partial charge in [-0.25, -0.2) is 4.98 Å². The van der Waals surface area contributed by atoms with Crippen molar-refractivity contribution in [2.24, 2.45) is 0 Å². The van der Waals surface area contributed by atoms with Gasteiger partial charge in [0.15, 0.2) is 0 Å². The fourth-order valence-electron chi connectivity index (χ4n) is 3.71. The first-order valence-electron chi connectivity index (χ1n) is 9.48. The van der Waals surface area contributed by atoms with Crippen LogP contribution in [-0.2, 0) is 6.18 Å². The number of rotatable bonds is 4. The second-order valence-electron chi connectivity index (χ2n) is 7.21. The molecular weight excluding hydrogens is 399 g/mol. The minimum absolute atomic E-state index is 0.0526. The summed E-state index contributed by atoms with van der Waals surface area (Å²) in [6.07, 6.45) is -1.39. The number of fused-ring (bicyclic) bond motifs is 1. The van der Waals surface area contributed by atoms with Crippen molar-refractivity contribution in [2.75, 3.05) is 5.32 Å². The molecule has 0 saturated heterocycles. The van der Waals surface area contributed by atoms with Crippen molar-refractivity contribution in [3.63, 3.8) is 0 Å². The number of benzene rings is 1. The summed E-state index contributed by atoms with van der Waals surface area (Å²) in [4.78, 5) is 16.6. The number of alkyl halides is 3. The van der Waals surface area contributed by atoms with Crippen molar-refractivity contribution in [1.82, 2.24) is 10.3 Å². The van der Waals surface area contributed by atoms with Gasteiger partial charge in [-0.05, 0) is 49.3 Å². The van der Waals surface area contributed by atoms with Gasteiger partial charge in [-0.15, -0.1) is 11.3 Å². The molecule has 4 nitrogen and oxygen atoms in total. The van der Waals surface area contributed by atoms with E-state index in [4.69, 9.17) is 0 Å². The molecular formula is C21H20F3N3OS. The molecule has 0 bridgehead atoms. The molecule has 1 fully saturated rings. The molecule has 1 aliphatic carbocycles. The van der Waals surface area contributed by atoms with Crippen LogP contribution in [-0.4, -0.2) is 23.0 Å². The van der Waals surface area contributed by atoms with E-state index in [0.717, 1.165) is 31.7 Å². The molecule has 0 atom stereocenters. The summed E-state index contributed by atoms with van der Waals surface area (Å²) in [5.74, 6) is -0.0636. The number of pyridine rings is 1. The maximum atomic E-state index is 13.2. The van der Waals surface area contributed by atoms with Crippen LogP contribution in [0.1, 0.15) is 41.0 Å². The van der Waals surface area contributed by atoms with Gasteiger partial charge in [-0.2, -0.15) is 13.2 Å². The smallest absolute Gasteiger partial charge is 0.382 e. The third-order valence-electron chi connectivity index (χ3n) is 5.17. The number of hydrogen-bond acceptors (Lipinski definition) is 4. The molecule has 1 amide bonds. The van der Waals surface area contributed by atoms with Crippen LogP contribution in [0, 0.1) is 0 Å². The largest absolute Gasteiger partial charge is 0.433 e. The van der Waals surface area contributed by atoms with Gasteiger partial charge >= 0.3 is 6.18 Å². The van der Waals surface area contributed by atoms with Crippen LogP contribution in [0.15, 0.2) is 47.8 Å². The number of aromatic nitrogens is 1. The van der Waals surface area contributed by atoms with Crippen LogP contribution in [0.4, 0.5) is 18.9 Å². The van der Waals surface area contributed by atoms with Crippen LogP contribution < -0.4 is 10.6 Å². The second-order valence-corrected chi connectivity index (χ2v) is 8.16. The van der Waals surface area contributed by atoms with Crippen molar-refractivity contribution < 1.29 is 18.0 Å². The molecule has 0 spiro atoms. The quantitative estimate of drug-likeness (QED) is 0.590. The van der Waals surface area contributed by atoms with Crippen LogP contribution in [0.5, 0.6) is 0 Å². The van der Waals surface area contributed by atoms with E-state index in [-0.39, 0.29) is 18.0 Å². The Morgan fingerprint density at radius 1 is 1.03 bits per heavy atom. The van der Waals surface area contributed by atoms with Gasteiger partial charge in [-0.1, -0.05) is 24.3 Å². The van der Waals surface area contributed by atoms with Gasteiger partial charge in [0.05, 0.1) is 10.4 Å². The number of carbonyl (C=O) groups excluding carboxylic acids is 1. The highest BCUT2D eigenvalue weighted by Gasteiger charge is 2.33. The first kappa shape index (κ1) is 19.7. The molecule has 1 aromatic carbocycles. The lowest BCUT2D eigenvalue weighted by Crippen LogP contribution is -2.39. The highest BCUT2D eigenvalue weighted by Crippen LogP contribution is 2.34. The number of nitrogens with one attached hydrogen (secondary N) is 2. The average molecular weight is 419 g/mol. The summed E-state index contributed by atoms with van der Waals surface area (Å²) < 4.78 is 39.7. The first-order chi connectivity index (χ1) is 13.9. The lowest BCUT2D eigenvalue weighted by atomic mass is 9.90. The summed E-state index contributed by atoms with van der Waals surface area (Å²) in [6, 6.07) is 11.7. The summed E-state index contributed by atoms with van der Waals surface area (Å²) >= 11 is 1.40. The normalized spacial score (nSPS) is 19.8. The Morgan fingerprint density at radius 3 is 2.45 bits per heavy atom. The van der Waals surface area contributed by atoms with E-state index in [1.54, 1.807) is 30.3 Å². The Bertz CT molecular complexity index is 996. The van der Waals surface area contributed by atoms with Gasteiger partial charge in [0.2, 0.25) is 0 Å². The van der Waals surface area contributed by atoms with Crippen molar-refractivity contribution in [3.05, 3.63) is 58.4 Å². The number of thiophene rings is 1. The average Bonchev–Trinajstić information content (AvgIpc) is 3.24. The van der Waals surface area contributed by atoms with Crippen LogP contribution in [0.2, 0.25) is 0 Å². The SMILES string of the molecule is O=C(N[C@H]1CC[C@@H](Nc2cc(C(F)(F)F)nc3ccccc23)CC1)c1cccs1. The number of para-hydroxylation sites is 1. The number of carbonyl (C=O) groups is 1. The molecule has 152 valence electrons. The maximum Gasteiger partial charge on any atom is 0.433 e. The predicted molar refractivity (Wildman–Crippen MR) is 108 cm³/mol. The molecule has 0 aliphatic heterocycles. The third-order valence-corrected chi connectivity index (χ3v) is 6.04. The van der Waals surface area contributed by atoms with Gasteiger partial charge in [0.25, 0.3) is 5.91 Å². The Balaban J connectivity index is 1.44. The predicted octanol–water partition coefficient (Wildman–Crippen LogP) is 5.47. The number of nitrogens with zero attached hydrogens (tertiary/aromatic N) is 1. The molecule has 29 heavy (non-hydrogen) atoms. The molecule has 4 rings (SSSR count). The van der Waals surface area contributed by atoms with Gasteiger partial charge in [0.1, 0.15) is 5.69 Å². The van der Waals surface area contributed by atoms with E-state index in [0.29, 0.717) is 21.5 Å². The summed E-state index contributed by atoms with van der Waals surface area (Å²) in [5, 5.41) is 8.88. The van der Waals surface area contributed by atoms with Crippen LogP contribution in [0.25, 0.3) is 10.9 Å². The highest BCUT2D eigenvalue weighted by molar-refractivity contribution is 7.12. The molecule has 2 aromatic heterocycles. The Hall–Kier alpha value is -2.61. The highest BCUT2D eigenvalue weighted by atomic mass is 32.1. The van der Waals surface area contributed by atoms with E-state index < -0.39 is 11.9 Å². The topological polar surface area (TPSA) is 54.0 Å². The van der Waals surface area contributed by atoms with E-state index in [1.165, 1.54) is 11.3 Å². The molecule has 1 saturated carbocycles. The molecule has 0 radical (unpaired) electrons.